The number of allylic oxidation sites excluding steroid dienone is 6. The molecule has 3 rings (SSSR count). The van der Waals surface area contributed by atoms with Gasteiger partial charge in [-0.3, -0.25) is 10.4 Å². The van der Waals surface area contributed by atoms with Crippen LogP contribution in [0.2, 0.25) is 0 Å². The van der Waals surface area contributed by atoms with Gasteiger partial charge in [-0.1, -0.05) is 49.1 Å². The van der Waals surface area contributed by atoms with Gasteiger partial charge in [0.15, 0.2) is 0 Å². The highest BCUT2D eigenvalue weighted by Gasteiger charge is 2.38. The van der Waals surface area contributed by atoms with E-state index in [0.29, 0.717) is 17.1 Å². The number of hydrogen-bond acceptors (Lipinski definition) is 5. The molecule has 0 saturated heterocycles. The van der Waals surface area contributed by atoms with Crippen LogP contribution in [0.15, 0.2) is 88.9 Å². The van der Waals surface area contributed by atoms with Crippen LogP contribution in [0.3, 0.4) is 0 Å². The summed E-state index contributed by atoms with van der Waals surface area (Å²) in [7, 11) is 1.64. The number of nitrogens with one attached hydrogen (secondary N) is 1. The molecule has 1 aromatic carbocycles. The summed E-state index contributed by atoms with van der Waals surface area (Å²) in [6.07, 6.45) is 13.1. The van der Waals surface area contributed by atoms with E-state index < -0.39 is 0 Å². The summed E-state index contributed by atoms with van der Waals surface area (Å²) in [5.74, 6) is 1.45. The maximum atomic E-state index is 8.17. The third-order valence-electron chi connectivity index (χ3n) is 5.55. The van der Waals surface area contributed by atoms with Crippen molar-refractivity contribution in [1.82, 2.24) is 0 Å². The second-order valence-electron chi connectivity index (χ2n) is 7.80. The zero-order valence-corrected chi connectivity index (χ0v) is 19.1. The molecule has 2 aliphatic carbocycles. The lowest BCUT2D eigenvalue weighted by Gasteiger charge is -2.36. The van der Waals surface area contributed by atoms with E-state index in [1.54, 1.807) is 13.2 Å². The van der Waals surface area contributed by atoms with Crippen LogP contribution in [0.1, 0.15) is 20.8 Å². The van der Waals surface area contributed by atoms with E-state index in [4.69, 9.17) is 25.6 Å². The minimum absolute atomic E-state index is 0.155. The predicted molar refractivity (Wildman–Crippen MR) is 133 cm³/mol. The Morgan fingerprint density at radius 3 is 2.62 bits per heavy atom. The molecule has 166 valence electrons. The van der Waals surface area contributed by atoms with E-state index in [0.717, 1.165) is 27.5 Å². The van der Waals surface area contributed by atoms with Crippen molar-refractivity contribution >= 4 is 23.7 Å². The molecule has 1 aromatic rings. The molecule has 0 saturated carbocycles. The first-order chi connectivity index (χ1) is 15.3. The summed E-state index contributed by atoms with van der Waals surface area (Å²) in [4.78, 5) is 4.84. The largest absolute Gasteiger partial charge is 0.502 e. The van der Waals surface area contributed by atoms with Gasteiger partial charge >= 0.3 is 0 Å². The SMILES string of the molecule is C=c1cccc/c1=C(N)/C(=C\C)C1C(OC(C)/C=C(/C)OC)=CC1N=C1C=CC=CC1=N. The van der Waals surface area contributed by atoms with Gasteiger partial charge in [-0.25, -0.2) is 0 Å². The van der Waals surface area contributed by atoms with Gasteiger partial charge in [0.25, 0.3) is 0 Å². The number of rotatable bonds is 7. The molecule has 3 N–H and O–H groups in total. The molecular weight excluding hydrogens is 398 g/mol. The van der Waals surface area contributed by atoms with Crippen LogP contribution >= 0.6 is 0 Å². The van der Waals surface area contributed by atoms with Crippen LogP contribution < -0.4 is 16.2 Å². The van der Waals surface area contributed by atoms with E-state index >= 15 is 0 Å². The lowest BCUT2D eigenvalue weighted by molar-refractivity contribution is 0.123. The minimum atomic E-state index is -0.182. The van der Waals surface area contributed by atoms with E-state index in [1.165, 1.54) is 0 Å². The van der Waals surface area contributed by atoms with Gasteiger partial charge in [-0.05, 0) is 55.9 Å². The molecule has 3 unspecified atom stereocenters. The Hall–Kier alpha value is -3.60. The quantitative estimate of drug-likeness (QED) is 0.514. The first-order valence-corrected chi connectivity index (χ1v) is 10.7. The van der Waals surface area contributed by atoms with Crippen LogP contribution in [0, 0.1) is 11.3 Å². The minimum Gasteiger partial charge on any atom is -0.502 e. The number of hydrogen-bond donors (Lipinski definition) is 2. The van der Waals surface area contributed by atoms with Gasteiger partial charge in [-0.15, -0.1) is 0 Å². The summed E-state index contributed by atoms with van der Waals surface area (Å²) in [5.41, 5.74) is 9.29. The van der Waals surface area contributed by atoms with Crippen molar-refractivity contribution in [2.45, 2.75) is 32.9 Å². The molecule has 2 aliphatic rings. The Morgan fingerprint density at radius 1 is 1.25 bits per heavy atom. The summed E-state index contributed by atoms with van der Waals surface area (Å²) in [6, 6.07) is 7.64. The Labute approximate surface area is 189 Å². The Bertz CT molecular complexity index is 1180. The smallest absolute Gasteiger partial charge is 0.117 e. The lowest BCUT2D eigenvalue weighted by Crippen LogP contribution is -2.38. The second-order valence-corrected chi connectivity index (χ2v) is 7.80. The molecule has 0 radical (unpaired) electrons. The second kappa shape index (κ2) is 10.1. The average Bonchev–Trinajstić information content (AvgIpc) is 2.77. The van der Waals surface area contributed by atoms with Crippen LogP contribution in [-0.4, -0.2) is 30.7 Å². The molecule has 5 heteroatoms. The van der Waals surface area contributed by atoms with Crippen LogP contribution in [0.5, 0.6) is 0 Å². The number of nitrogens with two attached hydrogens (primary N) is 1. The third kappa shape index (κ3) is 4.99. The van der Waals surface area contributed by atoms with Gasteiger partial charge in [0.1, 0.15) is 11.9 Å². The Balaban J connectivity index is 2.02. The van der Waals surface area contributed by atoms with Crippen LogP contribution in [0.4, 0.5) is 0 Å². The Morgan fingerprint density at radius 2 is 1.97 bits per heavy atom. The zero-order chi connectivity index (χ0) is 23.3. The summed E-state index contributed by atoms with van der Waals surface area (Å²) in [5, 5.41) is 9.94. The van der Waals surface area contributed by atoms with Gasteiger partial charge in [0.05, 0.1) is 36.3 Å². The van der Waals surface area contributed by atoms with Crippen molar-refractivity contribution in [3.8, 4) is 0 Å². The third-order valence-corrected chi connectivity index (χ3v) is 5.55. The van der Waals surface area contributed by atoms with Crippen molar-refractivity contribution in [2.75, 3.05) is 7.11 Å². The fourth-order valence-corrected chi connectivity index (χ4v) is 3.81. The molecule has 0 amide bonds. The highest BCUT2D eigenvalue weighted by molar-refractivity contribution is 6.50. The first-order valence-electron chi connectivity index (χ1n) is 10.7. The highest BCUT2D eigenvalue weighted by atomic mass is 16.5. The number of aliphatic imine (C=N–C) groups is 1. The number of nitrogens with zero attached hydrogens (tertiary/aromatic N) is 1. The summed E-state index contributed by atoms with van der Waals surface area (Å²) < 4.78 is 11.5. The van der Waals surface area contributed by atoms with Crippen molar-refractivity contribution in [2.24, 2.45) is 16.6 Å². The van der Waals surface area contributed by atoms with E-state index in [2.05, 4.69) is 6.58 Å². The number of methoxy groups -OCH3 is 1. The van der Waals surface area contributed by atoms with Crippen molar-refractivity contribution in [3.63, 3.8) is 0 Å². The van der Waals surface area contributed by atoms with Crippen molar-refractivity contribution in [3.05, 3.63) is 94.3 Å². The van der Waals surface area contributed by atoms with Gasteiger partial charge < -0.3 is 15.2 Å². The zero-order valence-electron chi connectivity index (χ0n) is 19.1. The van der Waals surface area contributed by atoms with Crippen molar-refractivity contribution in [1.29, 1.82) is 5.41 Å². The molecule has 3 atom stereocenters. The molecule has 32 heavy (non-hydrogen) atoms. The molecule has 0 aromatic heterocycles. The maximum Gasteiger partial charge on any atom is 0.117 e. The monoisotopic (exact) mass is 429 g/mol. The molecule has 5 nitrogen and oxygen atoms in total. The van der Waals surface area contributed by atoms with Crippen LogP contribution in [-0.2, 0) is 9.47 Å². The molecule has 0 heterocycles. The normalized spacial score (nSPS) is 24.1. The van der Waals surface area contributed by atoms with Crippen molar-refractivity contribution < 1.29 is 9.47 Å². The number of benzene rings is 1. The Kier molecular flexibility index (Phi) is 7.31. The van der Waals surface area contributed by atoms with Crippen LogP contribution in [0.25, 0.3) is 12.3 Å². The highest BCUT2D eigenvalue weighted by Crippen LogP contribution is 2.40. The topological polar surface area (TPSA) is 80.7 Å². The van der Waals surface area contributed by atoms with Gasteiger partial charge in [0, 0.05) is 10.9 Å². The molecule has 0 fully saturated rings. The maximum absolute atomic E-state index is 8.17. The fourth-order valence-electron chi connectivity index (χ4n) is 3.81. The van der Waals surface area contributed by atoms with Gasteiger partial charge in [-0.2, -0.15) is 0 Å². The number of ether oxygens (including phenoxy) is 2. The van der Waals surface area contributed by atoms with E-state index in [9.17, 15) is 0 Å². The summed E-state index contributed by atoms with van der Waals surface area (Å²) in [6.45, 7) is 9.96. The first kappa shape index (κ1) is 23.1. The summed E-state index contributed by atoms with van der Waals surface area (Å²) >= 11 is 0. The average molecular weight is 430 g/mol. The molecular formula is C27H31N3O2. The standard InChI is InChI=1S/C27H31N3O2/c1-6-20(27(29)21-12-8-7-11-17(21)2)26-24(30-23-14-10-9-13-22(23)28)16-25(26)32-19(4)15-18(3)31-5/h6-16,19,24,26,28H,2,29H2,1,3-5H3/b18-15-,20-6-,27-21+,28-22?,30-23?. The predicted octanol–water partition coefficient (Wildman–Crippen LogP) is 3.53. The fraction of sp³-hybridized carbons (Fsp3) is 0.259. The molecule has 0 spiro atoms. The van der Waals surface area contributed by atoms with E-state index in [-0.39, 0.29) is 18.1 Å². The lowest BCUT2D eigenvalue weighted by atomic mass is 9.78. The van der Waals surface area contributed by atoms with Gasteiger partial charge in [0.2, 0.25) is 0 Å². The molecule has 0 aliphatic heterocycles. The van der Waals surface area contributed by atoms with E-state index in [1.807, 2.05) is 81.5 Å². The molecule has 0 bridgehead atoms.